The van der Waals surface area contributed by atoms with Crippen LogP contribution in [0.1, 0.15) is 24.1 Å². The Labute approximate surface area is 166 Å². The van der Waals surface area contributed by atoms with Gasteiger partial charge in [0.15, 0.2) is 11.5 Å². The van der Waals surface area contributed by atoms with E-state index in [1.807, 2.05) is 26.0 Å². The van der Waals surface area contributed by atoms with Crippen LogP contribution in [0.2, 0.25) is 0 Å². The molecule has 7 nitrogen and oxygen atoms in total. The van der Waals surface area contributed by atoms with E-state index in [-0.39, 0.29) is 12.6 Å². The number of anilines is 1. The molecule has 0 saturated carbocycles. The average Bonchev–Trinajstić information content (AvgIpc) is 2.64. The molecular formula is C20H26N2O5S. The van der Waals surface area contributed by atoms with Crippen molar-refractivity contribution in [3.05, 3.63) is 53.6 Å². The van der Waals surface area contributed by atoms with Crippen LogP contribution in [0.3, 0.4) is 0 Å². The van der Waals surface area contributed by atoms with E-state index < -0.39 is 15.9 Å². The second-order valence-corrected chi connectivity index (χ2v) is 8.42. The number of hydrogen-bond donors (Lipinski definition) is 1. The molecule has 0 aliphatic rings. The molecule has 8 heteroatoms. The number of ether oxygens (including phenoxy) is 2. The highest BCUT2D eigenvalue weighted by Crippen LogP contribution is 2.30. The highest BCUT2D eigenvalue weighted by molar-refractivity contribution is 7.92. The maximum absolute atomic E-state index is 12.5. The maximum atomic E-state index is 12.5. The summed E-state index contributed by atoms with van der Waals surface area (Å²) >= 11 is 0. The number of amides is 1. The Hall–Kier alpha value is -2.74. The zero-order valence-corrected chi connectivity index (χ0v) is 17.5. The number of carbonyl (C=O) groups excluding carboxylic acids is 1. The SMILES string of the molecule is COc1ccc([C@H](C)NC(=O)CN(c2cccc(C)c2)S(C)(=O)=O)cc1OC. The van der Waals surface area contributed by atoms with Gasteiger partial charge in [-0.2, -0.15) is 0 Å². The lowest BCUT2D eigenvalue weighted by molar-refractivity contribution is -0.120. The lowest BCUT2D eigenvalue weighted by atomic mass is 10.1. The summed E-state index contributed by atoms with van der Waals surface area (Å²) in [6.45, 7) is 3.37. The molecule has 0 aromatic heterocycles. The highest BCUT2D eigenvalue weighted by atomic mass is 32.2. The molecular weight excluding hydrogens is 380 g/mol. The Bertz CT molecular complexity index is 943. The first-order valence-electron chi connectivity index (χ1n) is 8.71. The summed E-state index contributed by atoms with van der Waals surface area (Å²) in [4.78, 5) is 12.5. The Morgan fingerprint density at radius 3 is 2.36 bits per heavy atom. The summed E-state index contributed by atoms with van der Waals surface area (Å²) in [5, 5.41) is 2.83. The zero-order valence-electron chi connectivity index (χ0n) is 16.7. The minimum absolute atomic E-state index is 0.306. The predicted molar refractivity (Wildman–Crippen MR) is 109 cm³/mol. The summed E-state index contributed by atoms with van der Waals surface area (Å²) in [6.07, 6.45) is 1.08. The molecule has 0 fully saturated rings. The first-order valence-corrected chi connectivity index (χ1v) is 10.6. The fourth-order valence-corrected chi connectivity index (χ4v) is 3.65. The number of sulfonamides is 1. The first-order chi connectivity index (χ1) is 13.2. The molecule has 0 aliphatic heterocycles. The number of carbonyl (C=O) groups is 1. The lowest BCUT2D eigenvalue weighted by Crippen LogP contribution is -2.41. The standard InChI is InChI=1S/C20H26N2O5S/c1-14-7-6-8-17(11-14)22(28(5,24)25)13-20(23)21-15(2)16-9-10-18(26-3)19(12-16)27-4/h6-12,15H,13H2,1-5H3,(H,21,23)/t15-/m0/s1. The molecule has 0 aliphatic carbocycles. The number of methoxy groups -OCH3 is 2. The van der Waals surface area contributed by atoms with Gasteiger partial charge in [-0.25, -0.2) is 8.42 Å². The van der Waals surface area contributed by atoms with Gasteiger partial charge in [-0.3, -0.25) is 9.10 Å². The van der Waals surface area contributed by atoms with Crippen molar-refractivity contribution in [1.29, 1.82) is 0 Å². The minimum atomic E-state index is -3.61. The number of nitrogens with zero attached hydrogens (tertiary/aromatic N) is 1. The zero-order chi connectivity index (χ0) is 20.9. The van der Waals surface area contributed by atoms with Crippen molar-refractivity contribution in [2.75, 3.05) is 31.3 Å². The van der Waals surface area contributed by atoms with Crippen molar-refractivity contribution in [2.24, 2.45) is 0 Å². The quantitative estimate of drug-likeness (QED) is 0.729. The molecule has 0 bridgehead atoms. The van der Waals surface area contributed by atoms with E-state index in [1.165, 1.54) is 7.11 Å². The van der Waals surface area contributed by atoms with Crippen LogP contribution in [0.5, 0.6) is 11.5 Å². The molecule has 2 aromatic carbocycles. The third-order valence-corrected chi connectivity index (χ3v) is 5.40. The Morgan fingerprint density at radius 2 is 1.79 bits per heavy atom. The van der Waals surface area contributed by atoms with E-state index in [1.54, 1.807) is 37.4 Å². The van der Waals surface area contributed by atoms with Crippen LogP contribution in [0.25, 0.3) is 0 Å². The van der Waals surface area contributed by atoms with Crippen LogP contribution in [0.15, 0.2) is 42.5 Å². The van der Waals surface area contributed by atoms with Crippen LogP contribution < -0.4 is 19.1 Å². The van der Waals surface area contributed by atoms with E-state index in [0.717, 1.165) is 21.7 Å². The van der Waals surface area contributed by atoms with Gasteiger partial charge in [0.05, 0.1) is 32.2 Å². The third-order valence-electron chi connectivity index (χ3n) is 4.26. The second kappa shape index (κ2) is 8.97. The monoisotopic (exact) mass is 406 g/mol. The van der Waals surface area contributed by atoms with Gasteiger partial charge >= 0.3 is 0 Å². The molecule has 2 aromatic rings. The van der Waals surface area contributed by atoms with Gasteiger partial charge in [0.25, 0.3) is 0 Å². The van der Waals surface area contributed by atoms with Crippen molar-refractivity contribution in [3.8, 4) is 11.5 Å². The van der Waals surface area contributed by atoms with Crippen LogP contribution in [-0.2, 0) is 14.8 Å². The summed E-state index contributed by atoms with van der Waals surface area (Å²) in [7, 11) is -0.526. The fraction of sp³-hybridized carbons (Fsp3) is 0.350. The molecule has 0 unspecified atom stereocenters. The first kappa shape index (κ1) is 21.6. The topological polar surface area (TPSA) is 84.9 Å². The van der Waals surface area contributed by atoms with Crippen molar-refractivity contribution in [2.45, 2.75) is 19.9 Å². The van der Waals surface area contributed by atoms with E-state index in [9.17, 15) is 13.2 Å². The van der Waals surface area contributed by atoms with Gasteiger partial charge < -0.3 is 14.8 Å². The van der Waals surface area contributed by atoms with Gasteiger partial charge in [-0.1, -0.05) is 18.2 Å². The maximum Gasteiger partial charge on any atom is 0.241 e. The Morgan fingerprint density at radius 1 is 1.11 bits per heavy atom. The van der Waals surface area contributed by atoms with Crippen molar-refractivity contribution in [1.82, 2.24) is 5.32 Å². The van der Waals surface area contributed by atoms with Gasteiger partial charge in [0.2, 0.25) is 15.9 Å². The number of rotatable bonds is 8. The molecule has 0 radical (unpaired) electrons. The number of nitrogens with one attached hydrogen (secondary N) is 1. The molecule has 1 amide bonds. The fourth-order valence-electron chi connectivity index (χ4n) is 2.81. The predicted octanol–water partition coefficient (Wildman–Crippen LogP) is 2.66. The van der Waals surface area contributed by atoms with E-state index in [2.05, 4.69) is 5.32 Å². The molecule has 1 atom stereocenters. The summed E-state index contributed by atoms with van der Waals surface area (Å²) in [5.74, 6) is 0.736. The molecule has 0 saturated heterocycles. The van der Waals surface area contributed by atoms with E-state index in [4.69, 9.17) is 9.47 Å². The molecule has 2 rings (SSSR count). The van der Waals surface area contributed by atoms with E-state index >= 15 is 0 Å². The average molecular weight is 407 g/mol. The van der Waals surface area contributed by atoms with Crippen LogP contribution in [-0.4, -0.2) is 41.3 Å². The molecule has 1 N–H and O–H groups in total. The highest BCUT2D eigenvalue weighted by Gasteiger charge is 2.22. The number of benzene rings is 2. The molecule has 0 spiro atoms. The van der Waals surface area contributed by atoms with Crippen molar-refractivity contribution >= 4 is 21.6 Å². The van der Waals surface area contributed by atoms with Gasteiger partial charge in [-0.05, 0) is 49.2 Å². The normalized spacial score (nSPS) is 12.2. The van der Waals surface area contributed by atoms with Gasteiger partial charge in [0, 0.05) is 0 Å². The number of hydrogen-bond acceptors (Lipinski definition) is 5. The van der Waals surface area contributed by atoms with Crippen molar-refractivity contribution in [3.63, 3.8) is 0 Å². The smallest absolute Gasteiger partial charge is 0.241 e. The second-order valence-electron chi connectivity index (χ2n) is 6.51. The summed E-state index contributed by atoms with van der Waals surface area (Å²) < 4.78 is 36.0. The van der Waals surface area contributed by atoms with E-state index in [0.29, 0.717) is 17.2 Å². The largest absolute Gasteiger partial charge is 0.493 e. The molecule has 152 valence electrons. The van der Waals surface area contributed by atoms with Gasteiger partial charge in [-0.15, -0.1) is 0 Å². The van der Waals surface area contributed by atoms with Crippen LogP contribution in [0.4, 0.5) is 5.69 Å². The third kappa shape index (κ3) is 5.39. The molecule has 28 heavy (non-hydrogen) atoms. The van der Waals surface area contributed by atoms with Crippen LogP contribution in [0, 0.1) is 6.92 Å². The summed E-state index contributed by atoms with van der Waals surface area (Å²) in [6, 6.07) is 12.0. The lowest BCUT2D eigenvalue weighted by Gasteiger charge is -2.23. The van der Waals surface area contributed by atoms with Crippen LogP contribution >= 0.6 is 0 Å². The number of aryl methyl sites for hydroxylation is 1. The Kier molecular flexibility index (Phi) is 6.90. The van der Waals surface area contributed by atoms with Gasteiger partial charge in [0.1, 0.15) is 6.54 Å². The minimum Gasteiger partial charge on any atom is -0.493 e. The summed E-state index contributed by atoms with van der Waals surface area (Å²) in [5.41, 5.74) is 2.18. The van der Waals surface area contributed by atoms with Crippen molar-refractivity contribution < 1.29 is 22.7 Å². The Balaban J connectivity index is 2.16. The molecule has 0 heterocycles.